The second-order valence-corrected chi connectivity index (χ2v) is 4.21. The lowest BCUT2D eigenvalue weighted by molar-refractivity contribution is 0.229. The Bertz CT molecular complexity index is 435. The summed E-state index contributed by atoms with van der Waals surface area (Å²) in [6.07, 6.45) is 1.86. The van der Waals surface area contributed by atoms with Gasteiger partial charge < -0.3 is 10.4 Å². The van der Waals surface area contributed by atoms with Crippen molar-refractivity contribution in [2.45, 2.75) is 24.9 Å². The van der Waals surface area contributed by atoms with Gasteiger partial charge in [0.15, 0.2) is 0 Å². The second kappa shape index (κ2) is 4.20. The number of nitrogens with one attached hydrogen (secondary N) is 1. The molecule has 4 heteroatoms. The Labute approximate surface area is 93.5 Å². The maximum atomic E-state index is 13.0. The predicted molar refractivity (Wildman–Crippen MR) is 57.0 cm³/mol. The molecule has 0 atom stereocenters. The number of aliphatic hydroxyl groups is 1. The van der Waals surface area contributed by atoms with Crippen LogP contribution >= 0.6 is 0 Å². The van der Waals surface area contributed by atoms with E-state index in [4.69, 9.17) is 10.4 Å². The third kappa shape index (κ3) is 2.21. The first kappa shape index (κ1) is 11.1. The summed E-state index contributed by atoms with van der Waals surface area (Å²) < 4.78 is 13.0. The van der Waals surface area contributed by atoms with Gasteiger partial charge in [0.25, 0.3) is 0 Å². The minimum Gasteiger partial charge on any atom is -0.394 e. The molecule has 1 aliphatic rings. The van der Waals surface area contributed by atoms with Crippen LogP contribution in [0.2, 0.25) is 0 Å². The minimum atomic E-state index is -0.343. The van der Waals surface area contributed by atoms with Crippen molar-refractivity contribution in [2.75, 3.05) is 6.61 Å². The van der Waals surface area contributed by atoms with Crippen LogP contribution in [0.25, 0.3) is 0 Å². The first-order chi connectivity index (χ1) is 7.69. The molecule has 1 saturated carbocycles. The van der Waals surface area contributed by atoms with Crippen molar-refractivity contribution in [3.05, 3.63) is 35.1 Å². The zero-order valence-electron chi connectivity index (χ0n) is 8.83. The quantitative estimate of drug-likeness (QED) is 0.804. The smallest absolute Gasteiger partial charge is 0.123 e. The van der Waals surface area contributed by atoms with Crippen LogP contribution in [0.3, 0.4) is 0 Å². The summed E-state index contributed by atoms with van der Waals surface area (Å²) in [5.74, 6) is -0.343. The van der Waals surface area contributed by atoms with Crippen LogP contribution in [-0.2, 0) is 6.54 Å². The summed E-state index contributed by atoms with van der Waals surface area (Å²) in [5, 5.41) is 21.1. The number of benzene rings is 1. The van der Waals surface area contributed by atoms with Crippen molar-refractivity contribution in [1.82, 2.24) is 5.32 Å². The number of nitrogens with zero attached hydrogens (tertiary/aromatic N) is 1. The van der Waals surface area contributed by atoms with Crippen LogP contribution < -0.4 is 5.32 Å². The monoisotopic (exact) mass is 220 g/mol. The molecule has 0 unspecified atom stereocenters. The van der Waals surface area contributed by atoms with Crippen molar-refractivity contribution in [1.29, 1.82) is 5.26 Å². The van der Waals surface area contributed by atoms with Gasteiger partial charge in [-0.1, -0.05) is 0 Å². The number of halogens is 1. The summed E-state index contributed by atoms with van der Waals surface area (Å²) >= 11 is 0. The van der Waals surface area contributed by atoms with E-state index in [0.717, 1.165) is 12.8 Å². The van der Waals surface area contributed by atoms with Gasteiger partial charge in [-0.3, -0.25) is 0 Å². The average Bonchev–Trinajstić information content (AvgIpc) is 3.07. The van der Waals surface area contributed by atoms with E-state index in [2.05, 4.69) is 5.32 Å². The van der Waals surface area contributed by atoms with E-state index in [-0.39, 0.29) is 18.0 Å². The molecule has 0 bridgehead atoms. The molecule has 2 rings (SSSR count). The molecule has 0 heterocycles. The second-order valence-electron chi connectivity index (χ2n) is 4.21. The molecule has 16 heavy (non-hydrogen) atoms. The van der Waals surface area contributed by atoms with Crippen molar-refractivity contribution < 1.29 is 9.50 Å². The lowest BCUT2D eigenvalue weighted by Crippen LogP contribution is -2.34. The number of aliphatic hydroxyl groups excluding tert-OH is 1. The molecule has 3 nitrogen and oxygen atoms in total. The zero-order chi connectivity index (χ0) is 11.6. The third-order valence-electron chi connectivity index (χ3n) is 3.00. The van der Waals surface area contributed by atoms with Crippen molar-refractivity contribution in [3.63, 3.8) is 0 Å². The van der Waals surface area contributed by atoms with Crippen LogP contribution in [0, 0.1) is 17.1 Å². The molecule has 0 amide bonds. The highest BCUT2D eigenvalue weighted by molar-refractivity contribution is 5.37. The van der Waals surface area contributed by atoms with E-state index >= 15 is 0 Å². The van der Waals surface area contributed by atoms with Gasteiger partial charge in [-0.15, -0.1) is 0 Å². The van der Waals surface area contributed by atoms with E-state index in [1.165, 1.54) is 18.2 Å². The summed E-state index contributed by atoms with van der Waals surface area (Å²) in [4.78, 5) is 0. The van der Waals surface area contributed by atoms with Crippen LogP contribution in [0.15, 0.2) is 18.2 Å². The Morgan fingerprint density at radius 1 is 1.50 bits per heavy atom. The SMILES string of the molecule is N#Cc1ccc(F)cc1CNC1(CO)CC1. The van der Waals surface area contributed by atoms with Gasteiger partial charge in [-0.2, -0.15) is 5.26 Å². The third-order valence-corrected chi connectivity index (χ3v) is 3.00. The lowest BCUT2D eigenvalue weighted by Gasteiger charge is -2.14. The lowest BCUT2D eigenvalue weighted by atomic mass is 10.1. The van der Waals surface area contributed by atoms with Gasteiger partial charge in [0.05, 0.1) is 18.2 Å². The largest absolute Gasteiger partial charge is 0.394 e. The van der Waals surface area contributed by atoms with Gasteiger partial charge in [-0.05, 0) is 36.6 Å². The molecule has 0 saturated heterocycles. The molecule has 1 aromatic rings. The van der Waals surface area contributed by atoms with Crippen molar-refractivity contribution in [3.8, 4) is 6.07 Å². The van der Waals surface area contributed by atoms with Gasteiger partial charge in [-0.25, -0.2) is 4.39 Å². The van der Waals surface area contributed by atoms with E-state index < -0.39 is 0 Å². The zero-order valence-corrected chi connectivity index (χ0v) is 8.83. The molecule has 84 valence electrons. The molecular formula is C12H13FN2O. The van der Waals surface area contributed by atoms with E-state index in [1.54, 1.807) is 0 Å². The topological polar surface area (TPSA) is 56.0 Å². The van der Waals surface area contributed by atoms with Crippen LogP contribution in [0.1, 0.15) is 24.0 Å². The van der Waals surface area contributed by atoms with Gasteiger partial charge in [0.2, 0.25) is 0 Å². The Hall–Kier alpha value is -1.44. The summed E-state index contributed by atoms with van der Waals surface area (Å²) in [6.45, 7) is 0.505. The average molecular weight is 220 g/mol. The normalized spacial score (nSPS) is 16.8. The minimum absolute atomic E-state index is 0.0875. The van der Waals surface area contributed by atoms with Gasteiger partial charge in [0.1, 0.15) is 5.82 Å². The molecule has 2 N–H and O–H groups in total. The first-order valence-corrected chi connectivity index (χ1v) is 5.23. The fourth-order valence-corrected chi connectivity index (χ4v) is 1.64. The highest BCUT2D eigenvalue weighted by Crippen LogP contribution is 2.34. The highest BCUT2D eigenvalue weighted by atomic mass is 19.1. The van der Waals surface area contributed by atoms with Crippen LogP contribution in [-0.4, -0.2) is 17.3 Å². The van der Waals surface area contributed by atoms with Crippen LogP contribution in [0.5, 0.6) is 0 Å². The Morgan fingerprint density at radius 2 is 2.25 bits per heavy atom. The van der Waals surface area contributed by atoms with Crippen molar-refractivity contribution in [2.24, 2.45) is 0 Å². The highest BCUT2D eigenvalue weighted by Gasteiger charge is 2.41. The summed E-state index contributed by atoms with van der Waals surface area (Å²) in [7, 11) is 0. The molecular weight excluding hydrogens is 207 g/mol. The number of hydrogen-bond acceptors (Lipinski definition) is 3. The molecule has 1 aliphatic carbocycles. The molecule has 0 spiro atoms. The number of nitriles is 1. The fourth-order valence-electron chi connectivity index (χ4n) is 1.64. The van der Waals surface area contributed by atoms with Gasteiger partial charge >= 0.3 is 0 Å². The standard InChI is InChI=1S/C12H13FN2O/c13-11-2-1-9(6-14)10(5-11)7-15-12(8-16)3-4-12/h1-2,5,15-16H,3-4,7-8H2. The summed E-state index contributed by atoms with van der Waals surface area (Å²) in [5.41, 5.74) is 0.920. The summed E-state index contributed by atoms with van der Waals surface area (Å²) in [6, 6.07) is 6.14. The number of hydrogen-bond donors (Lipinski definition) is 2. The van der Waals surface area contributed by atoms with E-state index in [9.17, 15) is 4.39 Å². The molecule has 1 fully saturated rings. The molecule has 0 radical (unpaired) electrons. The molecule has 1 aromatic carbocycles. The maximum absolute atomic E-state index is 13.0. The predicted octanol–water partition coefficient (Wildman–Crippen LogP) is 1.31. The fraction of sp³-hybridized carbons (Fsp3) is 0.417. The Balaban J connectivity index is 2.09. The van der Waals surface area contributed by atoms with Gasteiger partial charge in [0, 0.05) is 12.1 Å². The molecule has 0 aromatic heterocycles. The number of rotatable bonds is 4. The van der Waals surface area contributed by atoms with Crippen LogP contribution in [0.4, 0.5) is 4.39 Å². The van der Waals surface area contributed by atoms with E-state index in [1.807, 2.05) is 6.07 Å². The van der Waals surface area contributed by atoms with Crippen molar-refractivity contribution >= 4 is 0 Å². The van der Waals surface area contributed by atoms with E-state index in [0.29, 0.717) is 17.7 Å². The molecule has 0 aliphatic heterocycles. The Morgan fingerprint density at radius 3 is 2.81 bits per heavy atom. The first-order valence-electron chi connectivity index (χ1n) is 5.23. The Kier molecular flexibility index (Phi) is 2.90. The maximum Gasteiger partial charge on any atom is 0.123 e.